The zero-order chi connectivity index (χ0) is 17.2. The zero-order valence-corrected chi connectivity index (χ0v) is 14.6. The summed E-state index contributed by atoms with van der Waals surface area (Å²) in [4.78, 5) is 29.8. The fourth-order valence-electron chi connectivity index (χ4n) is 2.21. The molecule has 0 aromatic carbocycles. The molecule has 8 heteroatoms. The molecule has 0 saturated carbocycles. The van der Waals surface area contributed by atoms with Crippen LogP contribution in [0.5, 0.6) is 5.88 Å². The second-order valence-electron chi connectivity index (χ2n) is 5.16. The second-order valence-corrected chi connectivity index (χ2v) is 6.15. The number of carbonyl (C=O) groups is 2. The number of pyridine rings is 1. The van der Waals surface area contributed by atoms with Gasteiger partial charge in [-0.2, -0.15) is 0 Å². The molecule has 132 valence electrons. The van der Waals surface area contributed by atoms with Gasteiger partial charge in [0.1, 0.15) is 0 Å². The molecule has 0 aliphatic carbocycles. The first-order chi connectivity index (χ1) is 11.7. The van der Waals surface area contributed by atoms with Gasteiger partial charge in [-0.3, -0.25) is 9.59 Å². The first-order valence-electron chi connectivity index (χ1n) is 7.97. The van der Waals surface area contributed by atoms with Crippen LogP contribution in [0.4, 0.5) is 0 Å². The van der Waals surface area contributed by atoms with Gasteiger partial charge in [0.2, 0.25) is 17.7 Å². The molecule has 1 aliphatic heterocycles. The number of hydrogen-bond acceptors (Lipinski definition) is 6. The summed E-state index contributed by atoms with van der Waals surface area (Å²) in [6.07, 6.45) is 1.66. The average molecular weight is 353 g/mol. The Morgan fingerprint density at radius 2 is 2.17 bits per heavy atom. The van der Waals surface area contributed by atoms with Gasteiger partial charge in [0.15, 0.2) is 0 Å². The van der Waals surface area contributed by atoms with E-state index in [9.17, 15) is 9.59 Å². The first kappa shape index (κ1) is 18.5. The molecule has 2 amide bonds. The van der Waals surface area contributed by atoms with E-state index >= 15 is 0 Å². The molecule has 0 bridgehead atoms. The van der Waals surface area contributed by atoms with Crippen molar-refractivity contribution in [3.05, 3.63) is 23.9 Å². The maximum absolute atomic E-state index is 12.0. The van der Waals surface area contributed by atoms with E-state index in [-0.39, 0.29) is 17.6 Å². The molecule has 1 aromatic heterocycles. The van der Waals surface area contributed by atoms with E-state index in [4.69, 9.17) is 9.47 Å². The van der Waals surface area contributed by atoms with Crippen LogP contribution in [0.2, 0.25) is 0 Å². The highest BCUT2D eigenvalue weighted by molar-refractivity contribution is 8.00. The molecular formula is C16H23N3O4S. The quantitative estimate of drug-likeness (QED) is 0.741. The lowest BCUT2D eigenvalue weighted by atomic mass is 10.2. The van der Waals surface area contributed by atoms with Crippen LogP contribution in [-0.4, -0.2) is 66.1 Å². The van der Waals surface area contributed by atoms with Gasteiger partial charge in [0.05, 0.1) is 31.3 Å². The number of thioether (sulfide) groups is 1. The monoisotopic (exact) mass is 353 g/mol. The Morgan fingerprint density at radius 3 is 2.92 bits per heavy atom. The number of nitrogens with one attached hydrogen (secondary N) is 1. The van der Waals surface area contributed by atoms with Crippen molar-refractivity contribution in [2.75, 3.05) is 44.4 Å². The standard InChI is InChI=1S/C16H23N3O4S/c1-2-23-16-13(4-3-5-17-16)10-18-14(20)11-24-12-15(21)19-6-8-22-9-7-19/h3-5H,2,6-12H2,1H3,(H,18,20). The Morgan fingerprint density at radius 1 is 1.38 bits per heavy atom. The third-order valence-electron chi connectivity index (χ3n) is 3.43. The van der Waals surface area contributed by atoms with Crippen LogP contribution < -0.4 is 10.1 Å². The largest absolute Gasteiger partial charge is 0.478 e. The molecule has 0 radical (unpaired) electrons. The van der Waals surface area contributed by atoms with Crippen molar-refractivity contribution < 1.29 is 19.1 Å². The minimum atomic E-state index is -0.110. The summed E-state index contributed by atoms with van der Waals surface area (Å²) in [5.41, 5.74) is 0.835. The Balaban J connectivity index is 1.67. The van der Waals surface area contributed by atoms with Gasteiger partial charge in [-0.15, -0.1) is 11.8 Å². The lowest BCUT2D eigenvalue weighted by Gasteiger charge is -2.26. The van der Waals surface area contributed by atoms with Gasteiger partial charge < -0.3 is 19.7 Å². The SMILES string of the molecule is CCOc1ncccc1CNC(=O)CSCC(=O)N1CCOCC1. The van der Waals surface area contributed by atoms with Gasteiger partial charge in [-0.1, -0.05) is 6.07 Å². The maximum atomic E-state index is 12.0. The van der Waals surface area contributed by atoms with Crippen LogP contribution >= 0.6 is 11.8 Å². The molecule has 1 N–H and O–H groups in total. The van der Waals surface area contributed by atoms with Gasteiger partial charge in [-0.05, 0) is 13.0 Å². The topological polar surface area (TPSA) is 80.8 Å². The Hall–Kier alpha value is -1.80. The Labute approximate surface area is 146 Å². The van der Waals surface area contributed by atoms with Crippen LogP contribution in [0, 0.1) is 0 Å². The molecule has 2 heterocycles. The number of nitrogens with zero attached hydrogens (tertiary/aromatic N) is 2. The van der Waals surface area contributed by atoms with Gasteiger partial charge in [0.25, 0.3) is 0 Å². The molecule has 0 atom stereocenters. The van der Waals surface area contributed by atoms with Crippen molar-refractivity contribution >= 4 is 23.6 Å². The highest BCUT2D eigenvalue weighted by Crippen LogP contribution is 2.14. The van der Waals surface area contributed by atoms with E-state index in [0.29, 0.717) is 51.1 Å². The highest BCUT2D eigenvalue weighted by Gasteiger charge is 2.17. The number of ether oxygens (including phenoxy) is 2. The summed E-state index contributed by atoms with van der Waals surface area (Å²) < 4.78 is 10.6. The predicted molar refractivity (Wildman–Crippen MR) is 92.0 cm³/mol. The average Bonchev–Trinajstić information content (AvgIpc) is 2.62. The van der Waals surface area contributed by atoms with E-state index in [2.05, 4.69) is 10.3 Å². The molecule has 7 nitrogen and oxygen atoms in total. The van der Waals surface area contributed by atoms with Crippen molar-refractivity contribution in [3.8, 4) is 5.88 Å². The lowest BCUT2D eigenvalue weighted by Crippen LogP contribution is -2.41. The summed E-state index contributed by atoms with van der Waals surface area (Å²) in [6.45, 7) is 5.21. The Bertz CT molecular complexity index is 550. The number of carbonyl (C=O) groups excluding carboxylic acids is 2. The molecule has 1 fully saturated rings. The first-order valence-corrected chi connectivity index (χ1v) is 9.12. The third-order valence-corrected chi connectivity index (χ3v) is 4.35. The fourth-order valence-corrected chi connectivity index (χ4v) is 2.95. The molecule has 24 heavy (non-hydrogen) atoms. The van der Waals surface area contributed by atoms with Crippen molar-refractivity contribution in [2.45, 2.75) is 13.5 Å². The highest BCUT2D eigenvalue weighted by atomic mass is 32.2. The summed E-state index contributed by atoms with van der Waals surface area (Å²) in [5.74, 6) is 1.05. The van der Waals surface area contributed by atoms with Crippen molar-refractivity contribution in [1.29, 1.82) is 0 Å². The van der Waals surface area contributed by atoms with Crippen molar-refractivity contribution in [2.24, 2.45) is 0 Å². The van der Waals surface area contributed by atoms with Gasteiger partial charge in [0, 0.05) is 31.4 Å². The van der Waals surface area contributed by atoms with Crippen LogP contribution in [-0.2, 0) is 20.9 Å². The zero-order valence-electron chi connectivity index (χ0n) is 13.8. The van der Waals surface area contributed by atoms with Crippen molar-refractivity contribution in [1.82, 2.24) is 15.2 Å². The summed E-state index contributed by atoms with van der Waals surface area (Å²) in [5, 5.41) is 2.83. The van der Waals surface area contributed by atoms with E-state index < -0.39 is 0 Å². The number of rotatable bonds is 8. The van der Waals surface area contributed by atoms with Crippen LogP contribution in [0.1, 0.15) is 12.5 Å². The fraction of sp³-hybridized carbons (Fsp3) is 0.562. The molecular weight excluding hydrogens is 330 g/mol. The van der Waals surface area contributed by atoms with E-state index in [1.807, 2.05) is 13.0 Å². The van der Waals surface area contributed by atoms with Gasteiger partial charge >= 0.3 is 0 Å². The van der Waals surface area contributed by atoms with E-state index in [1.165, 1.54) is 11.8 Å². The minimum Gasteiger partial charge on any atom is -0.478 e. The Kier molecular flexibility index (Phi) is 7.84. The van der Waals surface area contributed by atoms with Crippen molar-refractivity contribution in [3.63, 3.8) is 0 Å². The normalized spacial score (nSPS) is 14.3. The van der Waals surface area contributed by atoms with Crippen LogP contribution in [0.15, 0.2) is 18.3 Å². The summed E-state index contributed by atoms with van der Waals surface area (Å²) in [6, 6.07) is 3.67. The third kappa shape index (κ3) is 6.01. The molecule has 0 unspecified atom stereocenters. The number of morpholine rings is 1. The molecule has 0 spiro atoms. The maximum Gasteiger partial charge on any atom is 0.232 e. The lowest BCUT2D eigenvalue weighted by molar-refractivity contribution is -0.132. The molecule has 1 aliphatic rings. The van der Waals surface area contributed by atoms with Gasteiger partial charge in [-0.25, -0.2) is 4.98 Å². The van der Waals surface area contributed by atoms with E-state index in [0.717, 1.165) is 5.56 Å². The minimum absolute atomic E-state index is 0.0574. The predicted octanol–water partition coefficient (Wildman–Crippen LogP) is 0.689. The molecule has 1 saturated heterocycles. The molecule has 2 rings (SSSR count). The summed E-state index contributed by atoms with van der Waals surface area (Å²) >= 11 is 1.32. The second kappa shape index (κ2) is 10.1. The molecule has 1 aromatic rings. The smallest absolute Gasteiger partial charge is 0.232 e. The van der Waals surface area contributed by atoms with Crippen LogP contribution in [0.3, 0.4) is 0 Å². The van der Waals surface area contributed by atoms with Crippen LogP contribution in [0.25, 0.3) is 0 Å². The van der Waals surface area contributed by atoms with E-state index in [1.54, 1.807) is 17.2 Å². The summed E-state index contributed by atoms with van der Waals surface area (Å²) in [7, 11) is 0. The number of amides is 2. The number of hydrogen-bond donors (Lipinski definition) is 1. The number of aromatic nitrogens is 1.